The predicted molar refractivity (Wildman–Crippen MR) is 133 cm³/mol. The van der Waals surface area contributed by atoms with E-state index in [1.54, 1.807) is 22.8 Å². The van der Waals surface area contributed by atoms with Crippen molar-refractivity contribution in [3.63, 3.8) is 0 Å². The van der Waals surface area contributed by atoms with Crippen LogP contribution in [0.5, 0.6) is 0 Å². The molecule has 1 unspecified atom stereocenters. The van der Waals surface area contributed by atoms with Crippen molar-refractivity contribution in [1.29, 1.82) is 0 Å². The highest BCUT2D eigenvalue weighted by atomic mass is 79.9. The Bertz CT molecular complexity index is 1560. The molecule has 0 saturated heterocycles. The van der Waals surface area contributed by atoms with Gasteiger partial charge in [0.05, 0.1) is 26.8 Å². The molecule has 0 spiro atoms. The molecule has 1 atom stereocenters. The highest BCUT2D eigenvalue weighted by Crippen LogP contribution is 2.43. The second-order valence-electron chi connectivity index (χ2n) is 9.25. The van der Waals surface area contributed by atoms with Crippen LogP contribution >= 0.6 is 27.3 Å². The number of nitro groups is 1. The van der Waals surface area contributed by atoms with Crippen LogP contribution in [0.15, 0.2) is 74.1 Å². The molecule has 172 valence electrons. The number of nitro benzene ring substituents is 1. The van der Waals surface area contributed by atoms with Crippen molar-refractivity contribution < 1.29 is 9.72 Å². The van der Waals surface area contributed by atoms with E-state index in [4.69, 9.17) is 4.99 Å². The zero-order valence-electron chi connectivity index (χ0n) is 18.4. The number of fused-ring (bicyclic) bond motifs is 1. The third-order valence-corrected chi connectivity index (χ3v) is 7.61. The van der Waals surface area contributed by atoms with E-state index in [1.165, 1.54) is 23.5 Å². The maximum absolute atomic E-state index is 13.6. The summed E-state index contributed by atoms with van der Waals surface area (Å²) in [7, 11) is 0. The van der Waals surface area contributed by atoms with Crippen LogP contribution in [-0.2, 0) is 4.79 Å². The molecule has 9 heteroatoms. The fourth-order valence-corrected chi connectivity index (χ4v) is 5.90. The highest BCUT2D eigenvalue weighted by molar-refractivity contribution is 9.10. The molecule has 0 amide bonds. The van der Waals surface area contributed by atoms with E-state index in [1.807, 2.05) is 38.1 Å². The Morgan fingerprint density at radius 1 is 1.15 bits per heavy atom. The molecule has 34 heavy (non-hydrogen) atoms. The molecule has 0 bridgehead atoms. The van der Waals surface area contributed by atoms with Crippen LogP contribution in [-0.4, -0.2) is 15.3 Å². The average molecular weight is 538 g/mol. The van der Waals surface area contributed by atoms with Crippen molar-refractivity contribution in [3.05, 3.63) is 105 Å². The SMILES string of the molecule is CC1(C)CC(=O)C2=C(C1)N=c1sc(=Cc3ccccc3[N+](=O)[O-])c(=O)n1C2c1ccc(Br)cc1. The number of rotatable bonds is 3. The lowest BCUT2D eigenvalue weighted by Crippen LogP contribution is -2.42. The molecule has 0 N–H and O–H groups in total. The third-order valence-electron chi connectivity index (χ3n) is 6.10. The Morgan fingerprint density at radius 2 is 1.85 bits per heavy atom. The van der Waals surface area contributed by atoms with Crippen molar-refractivity contribution in [2.24, 2.45) is 10.4 Å². The molecule has 1 aliphatic carbocycles. The largest absolute Gasteiger partial charge is 0.294 e. The summed E-state index contributed by atoms with van der Waals surface area (Å²) in [6.07, 6.45) is 2.56. The number of halogens is 1. The van der Waals surface area contributed by atoms with E-state index in [0.29, 0.717) is 39.0 Å². The van der Waals surface area contributed by atoms with Gasteiger partial charge in [-0.1, -0.05) is 65.4 Å². The summed E-state index contributed by atoms with van der Waals surface area (Å²) in [6, 6.07) is 13.3. The molecule has 0 fully saturated rings. The van der Waals surface area contributed by atoms with Crippen LogP contribution < -0.4 is 14.9 Å². The van der Waals surface area contributed by atoms with Gasteiger partial charge in [0.1, 0.15) is 0 Å². The lowest BCUT2D eigenvalue weighted by atomic mass is 9.73. The van der Waals surface area contributed by atoms with E-state index < -0.39 is 11.0 Å². The fraction of sp³-hybridized carbons (Fsp3) is 0.240. The highest BCUT2D eigenvalue weighted by Gasteiger charge is 2.40. The molecular formula is C25H20BrN3O4S. The number of para-hydroxylation sites is 1. The van der Waals surface area contributed by atoms with Crippen LogP contribution in [0, 0.1) is 15.5 Å². The first-order valence-electron chi connectivity index (χ1n) is 10.7. The molecule has 2 aliphatic rings. The topological polar surface area (TPSA) is 94.6 Å². The first kappa shape index (κ1) is 22.6. The summed E-state index contributed by atoms with van der Waals surface area (Å²) < 4.78 is 2.79. The summed E-state index contributed by atoms with van der Waals surface area (Å²) in [5.41, 5.74) is 1.83. The number of nitrogens with zero attached hydrogens (tertiary/aromatic N) is 3. The van der Waals surface area contributed by atoms with Gasteiger partial charge >= 0.3 is 0 Å². The van der Waals surface area contributed by atoms with Gasteiger partial charge < -0.3 is 0 Å². The second kappa shape index (κ2) is 8.25. The number of carbonyl (C=O) groups is 1. The van der Waals surface area contributed by atoms with Crippen molar-refractivity contribution in [2.75, 3.05) is 0 Å². The summed E-state index contributed by atoms with van der Waals surface area (Å²) in [4.78, 5) is 43.2. The van der Waals surface area contributed by atoms with Gasteiger partial charge in [-0.05, 0) is 41.7 Å². The summed E-state index contributed by atoms with van der Waals surface area (Å²) in [5, 5.41) is 11.5. The number of Topliss-reactive ketones (excluding diaryl/α,β-unsaturated/α-hetero) is 1. The van der Waals surface area contributed by atoms with Gasteiger partial charge in [0.2, 0.25) is 0 Å². The maximum Gasteiger partial charge on any atom is 0.276 e. The van der Waals surface area contributed by atoms with Crippen molar-refractivity contribution >= 4 is 44.8 Å². The number of carbonyl (C=O) groups excluding carboxylic acids is 1. The summed E-state index contributed by atoms with van der Waals surface area (Å²) in [6.45, 7) is 4.09. The van der Waals surface area contributed by atoms with E-state index in [0.717, 1.165) is 10.0 Å². The molecular weight excluding hydrogens is 518 g/mol. The Labute approximate surface area is 207 Å². The number of ketones is 1. The number of hydrogen-bond donors (Lipinski definition) is 0. The molecule has 2 heterocycles. The molecule has 1 aromatic heterocycles. The molecule has 2 aromatic carbocycles. The average Bonchev–Trinajstić information content (AvgIpc) is 3.07. The second-order valence-corrected chi connectivity index (χ2v) is 11.2. The summed E-state index contributed by atoms with van der Waals surface area (Å²) >= 11 is 4.63. The zero-order chi connectivity index (χ0) is 24.2. The minimum absolute atomic E-state index is 0.00380. The normalized spacial score (nSPS) is 19.4. The Balaban J connectivity index is 1.78. The minimum atomic E-state index is -0.587. The number of hydrogen-bond acceptors (Lipinski definition) is 6. The fourth-order valence-electron chi connectivity index (χ4n) is 4.63. The van der Waals surface area contributed by atoms with Crippen LogP contribution in [0.25, 0.3) is 6.08 Å². The lowest BCUT2D eigenvalue weighted by molar-refractivity contribution is -0.385. The molecule has 1 aliphatic heterocycles. The van der Waals surface area contributed by atoms with E-state index >= 15 is 0 Å². The Kier molecular flexibility index (Phi) is 5.49. The van der Waals surface area contributed by atoms with Crippen LogP contribution in [0.4, 0.5) is 5.69 Å². The number of allylic oxidation sites excluding steroid dienone is 2. The van der Waals surface area contributed by atoms with Crippen LogP contribution in [0.3, 0.4) is 0 Å². The van der Waals surface area contributed by atoms with Gasteiger partial charge in [0.15, 0.2) is 10.6 Å². The molecule has 0 radical (unpaired) electrons. The molecule has 5 rings (SSSR count). The standard InChI is InChI=1S/C25H20BrN3O4S/c1-25(2)12-17-21(19(30)13-25)22(14-7-9-16(26)10-8-14)28-23(31)20(34-24(28)27-17)11-15-5-3-4-6-18(15)29(32)33/h3-11,22H,12-13H2,1-2H3. The smallest absolute Gasteiger partial charge is 0.276 e. The van der Waals surface area contributed by atoms with E-state index in [9.17, 15) is 19.7 Å². The van der Waals surface area contributed by atoms with Gasteiger partial charge in [-0.15, -0.1) is 0 Å². The van der Waals surface area contributed by atoms with Gasteiger partial charge in [-0.25, -0.2) is 4.99 Å². The third kappa shape index (κ3) is 3.88. The zero-order valence-corrected chi connectivity index (χ0v) is 20.9. The molecule has 3 aromatic rings. The Hall–Kier alpha value is -3.17. The lowest BCUT2D eigenvalue weighted by Gasteiger charge is -2.35. The number of aromatic nitrogens is 1. The van der Waals surface area contributed by atoms with E-state index in [2.05, 4.69) is 15.9 Å². The van der Waals surface area contributed by atoms with Crippen molar-refractivity contribution in [2.45, 2.75) is 32.7 Å². The first-order valence-corrected chi connectivity index (χ1v) is 12.3. The maximum atomic E-state index is 13.6. The van der Waals surface area contributed by atoms with Crippen LogP contribution in [0.2, 0.25) is 0 Å². The number of thiazole rings is 1. The molecule has 7 nitrogen and oxygen atoms in total. The van der Waals surface area contributed by atoms with Crippen LogP contribution in [0.1, 0.15) is 43.9 Å². The molecule has 0 saturated carbocycles. The predicted octanol–water partition coefficient (Wildman–Crippen LogP) is 4.28. The van der Waals surface area contributed by atoms with E-state index in [-0.39, 0.29) is 22.4 Å². The van der Waals surface area contributed by atoms with Crippen molar-refractivity contribution in [1.82, 2.24) is 4.57 Å². The van der Waals surface area contributed by atoms with Gasteiger partial charge in [0.25, 0.3) is 11.2 Å². The monoisotopic (exact) mass is 537 g/mol. The van der Waals surface area contributed by atoms with Gasteiger partial charge in [-0.2, -0.15) is 0 Å². The first-order chi connectivity index (χ1) is 16.1. The van der Waals surface area contributed by atoms with Gasteiger partial charge in [-0.3, -0.25) is 24.3 Å². The summed E-state index contributed by atoms with van der Waals surface area (Å²) in [5.74, 6) is -0.00380. The number of benzene rings is 2. The van der Waals surface area contributed by atoms with Crippen molar-refractivity contribution in [3.8, 4) is 0 Å². The minimum Gasteiger partial charge on any atom is -0.294 e. The quantitative estimate of drug-likeness (QED) is 0.368. The Morgan fingerprint density at radius 3 is 2.56 bits per heavy atom. The van der Waals surface area contributed by atoms with Gasteiger partial charge in [0, 0.05) is 22.5 Å².